The fraction of sp³-hybridized carbons (Fsp3) is 0.455. The van der Waals surface area contributed by atoms with Gasteiger partial charge >= 0.3 is 5.97 Å². The molecule has 0 radical (unpaired) electrons. The Hall–Kier alpha value is -1.72. The zero-order chi connectivity index (χ0) is 13.0. The van der Waals surface area contributed by atoms with Crippen LogP contribution in [0.1, 0.15) is 30.2 Å². The molecule has 2 N–H and O–H groups in total. The molecule has 1 rings (SSSR count). The lowest BCUT2D eigenvalue weighted by Gasteiger charge is -2.12. The van der Waals surface area contributed by atoms with E-state index in [2.05, 4.69) is 4.98 Å². The van der Waals surface area contributed by atoms with Crippen molar-refractivity contribution in [2.45, 2.75) is 26.7 Å². The molecule has 0 aromatic carbocycles. The molecule has 6 heteroatoms. The molecule has 0 spiro atoms. The number of rotatable bonds is 4. The summed E-state index contributed by atoms with van der Waals surface area (Å²) in [5.74, 6) is -0.565. The molecule has 0 aliphatic heterocycles. The van der Waals surface area contributed by atoms with E-state index in [0.717, 1.165) is 0 Å². The lowest BCUT2D eigenvalue weighted by molar-refractivity contribution is -0.142. The number of nitrogen functional groups attached to an aromatic ring is 1. The number of alkyl halides is 2. The first-order valence-electron chi connectivity index (χ1n) is 5.15. The van der Waals surface area contributed by atoms with Gasteiger partial charge in [-0.1, -0.05) is 0 Å². The molecule has 4 nitrogen and oxygen atoms in total. The van der Waals surface area contributed by atoms with Crippen molar-refractivity contribution in [2.24, 2.45) is 0 Å². The fourth-order valence-corrected chi connectivity index (χ4v) is 1.45. The Kier molecular flexibility index (Phi) is 4.37. The standard InChI is InChI=1S/C11H14F2N2O2/c1-3-17-9(16)4-7-6(2)8(14)5-15-10(7)11(12)13/h5,11H,3-4,14H2,1-2H3. The van der Waals surface area contributed by atoms with Gasteiger partial charge in [0.1, 0.15) is 5.69 Å². The Morgan fingerprint density at radius 1 is 1.59 bits per heavy atom. The van der Waals surface area contributed by atoms with Crippen molar-refractivity contribution in [3.63, 3.8) is 0 Å². The smallest absolute Gasteiger partial charge is 0.310 e. The van der Waals surface area contributed by atoms with E-state index in [1.54, 1.807) is 13.8 Å². The Morgan fingerprint density at radius 2 is 2.24 bits per heavy atom. The number of nitrogens with two attached hydrogens (primary N) is 1. The maximum atomic E-state index is 12.7. The normalized spacial score (nSPS) is 10.6. The second-order valence-corrected chi connectivity index (χ2v) is 3.48. The molecular weight excluding hydrogens is 230 g/mol. The molecule has 0 saturated carbocycles. The molecular formula is C11H14F2N2O2. The maximum Gasteiger partial charge on any atom is 0.310 e. The summed E-state index contributed by atoms with van der Waals surface area (Å²) in [5, 5.41) is 0. The molecule has 0 unspecified atom stereocenters. The van der Waals surface area contributed by atoms with Crippen LogP contribution in [0.15, 0.2) is 6.20 Å². The minimum Gasteiger partial charge on any atom is -0.466 e. The molecule has 1 heterocycles. The highest BCUT2D eigenvalue weighted by Gasteiger charge is 2.20. The second-order valence-electron chi connectivity index (χ2n) is 3.48. The minimum absolute atomic E-state index is 0.151. The molecule has 17 heavy (non-hydrogen) atoms. The van der Waals surface area contributed by atoms with E-state index >= 15 is 0 Å². The Morgan fingerprint density at radius 3 is 2.76 bits per heavy atom. The quantitative estimate of drug-likeness (QED) is 0.823. The van der Waals surface area contributed by atoms with Crippen LogP contribution in [-0.2, 0) is 16.0 Å². The van der Waals surface area contributed by atoms with E-state index in [1.165, 1.54) is 6.20 Å². The van der Waals surface area contributed by atoms with Crippen LogP contribution in [0, 0.1) is 6.92 Å². The molecule has 0 bridgehead atoms. The highest BCUT2D eigenvalue weighted by molar-refractivity contribution is 5.74. The molecule has 1 aromatic heterocycles. The molecule has 0 aliphatic carbocycles. The number of carbonyl (C=O) groups excluding carboxylic acids is 1. The summed E-state index contributed by atoms with van der Waals surface area (Å²) < 4.78 is 30.2. The van der Waals surface area contributed by atoms with Gasteiger partial charge in [-0.15, -0.1) is 0 Å². The Bertz CT molecular complexity index is 422. The first-order valence-corrected chi connectivity index (χ1v) is 5.15. The van der Waals surface area contributed by atoms with Crippen molar-refractivity contribution in [1.82, 2.24) is 4.98 Å². The number of nitrogens with zero attached hydrogens (tertiary/aromatic N) is 1. The fourth-order valence-electron chi connectivity index (χ4n) is 1.45. The van der Waals surface area contributed by atoms with Crippen LogP contribution < -0.4 is 5.73 Å². The number of aromatic nitrogens is 1. The number of hydrogen-bond acceptors (Lipinski definition) is 4. The van der Waals surface area contributed by atoms with Crippen LogP contribution in [0.2, 0.25) is 0 Å². The zero-order valence-corrected chi connectivity index (χ0v) is 9.67. The Balaban J connectivity index is 3.10. The van der Waals surface area contributed by atoms with E-state index in [0.29, 0.717) is 5.56 Å². The van der Waals surface area contributed by atoms with Crippen molar-refractivity contribution in [2.75, 3.05) is 12.3 Å². The SMILES string of the molecule is CCOC(=O)Cc1c(C(F)F)ncc(N)c1C. The highest BCUT2D eigenvalue weighted by Crippen LogP contribution is 2.26. The van der Waals surface area contributed by atoms with E-state index in [9.17, 15) is 13.6 Å². The van der Waals surface area contributed by atoms with Crippen molar-refractivity contribution < 1.29 is 18.3 Å². The molecule has 0 saturated heterocycles. The van der Waals surface area contributed by atoms with Crippen LogP contribution in [0.25, 0.3) is 0 Å². The van der Waals surface area contributed by atoms with Crippen LogP contribution in [0.5, 0.6) is 0 Å². The first kappa shape index (κ1) is 13.3. The number of carbonyl (C=O) groups is 1. The summed E-state index contributed by atoms with van der Waals surface area (Å²) in [6, 6.07) is 0. The van der Waals surface area contributed by atoms with Gasteiger partial charge in [0.2, 0.25) is 0 Å². The van der Waals surface area contributed by atoms with E-state index in [1.807, 2.05) is 0 Å². The number of hydrogen-bond donors (Lipinski definition) is 1. The molecule has 0 amide bonds. The third-order valence-corrected chi connectivity index (χ3v) is 2.37. The summed E-state index contributed by atoms with van der Waals surface area (Å²) in [6.45, 7) is 3.44. The van der Waals surface area contributed by atoms with E-state index < -0.39 is 18.1 Å². The number of ether oxygens (including phenoxy) is 1. The largest absolute Gasteiger partial charge is 0.466 e. The summed E-state index contributed by atoms with van der Waals surface area (Å²) in [7, 11) is 0. The highest BCUT2D eigenvalue weighted by atomic mass is 19.3. The van der Waals surface area contributed by atoms with Gasteiger partial charge in [0.05, 0.1) is 24.9 Å². The average molecular weight is 244 g/mol. The van der Waals surface area contributed by atoms with Gasteiger partial charge < -0.3 is 10.5 Å². The molecule has 1 aromatic rings. The summed E-state index contributed by atoms with van der Waals surface area (Å²) >= 11 is 0. The molecule has 0 aliphatic rings. The van der Waals surface area contributed by atoms with E-state index in [4.69, 9.17) is 10.5 Å². The van der Waals surface area contributed by atoms with Crippen molar-refractivity contribution in [3.8, 4) is 0 Å². The minimum atomic E-state index is -2.74. The summed E-state index contributed by atoms with van der Waals surface area (Å²) in [4.78, 5) is 14.9. The maximum absolute atomic E-state index is 12.7. The Labute approximate surface area is 97.8 Å². The van der Waals surface area contributed by atoms with Crippen molar-refractivity contribution in [3.05, 3.63) is 23.0 Å². The number of pyridine rings is 1. The predicted molar refractivity (Wildman–Crippen MR) is 58.7 cm³/mol. The average Bonchev–Trinajstić information content (AvgIpc) is 2.25. The third-order valence-electron chi connectivity index (χ3n) is 2.37. The monoisotopic (exact) mass is 244 g/mol. The molecule has 0 fully saturated rings. The molecule has 94 valence electrons. The van der Waals surface area contributed by atoms with Crippen LogP contribution in [0.4, 0.5) is 14.5 Å². The van der Waals surface area contributed by atoms with Crippen molar-refractivity contribution >= 4 is 11.7 Å². The van der Waals surface area contributed by atoms with Gasteiger partial charge in [-0.05, 0) is 25.0 Å². The van der Waals surface area contributed by atoms with Gasteiger partial charge in [0.15, 0.2) is 0 Å². The number of halogens is 2. The van der Waals surface area contributed by atoms with Crippen LogP contribution >= 0.6 is 0 Å². The van der Waals surface area contributed by atoms with Crippen LogP contribution in [0.3, 0.4) is 0 Å². The number of esters is 1. The zero-order valence-electron chi connectivity index (χ0n) is 9.67. The number of anilines is 1. The lowest BCUT2D eigenvalue weighted by atomic mass is 10.0. The molecule has 0 atom stereocenters. The summed E-state index contributed by atoms with van der Waals surface area (Å²) in [6.07, 6.45) is -1.80. The summed E-state index contributed by atoms with van der Waals surface area (Å²) in [5.41, 5.74) is 6.05. The van der Waals surface area contributed by atoms with Gasteiger partial charge in [0, 0.05) is 0 Å². The van der Waals surface area contributed by atoms with Crippen molar-refractivity contribution in [1.29, 1.82) is 0 Å². The van der Waals surface area contributed by atoms with E-state index in [-0.39, 0.29) is 24.3 Å². The van der Waals surface area contributed by atoms with Gasteiger partial charge in [-0.25, -0.2) is 8.78 Å². The van der Waals surface area contributed by atoms with Crippen LogP contribution in [-0.4, -0.2) is 17.6 Å². The first-order chi connectivity index (χ1) is 7.97. The van der Waals surface area contributed by atoms with Gasteiger partial charge in [-0.3, -0.25) is 9.78 Å². The topological polar surface area (TPSA) is 65.2 Å². The predicted octanol–water partition coefficient (Wildman–Crippen LogP) is 2.02. The van der Waals surface area contributed by atoms with Gasteiger partial charge in [0.25, 0.3) is 6.43 Å². The second kappa shape index (κ2) is 5.56. The van der Waals surface area contributed by atoms with Gasteiger partial charge in [-0.2, -0.15) is 0 Å². The third kappa shape index (κ3) is 3.12. The lowest BCUT2D eigenvalue weighted by Crippen LogP contribution is -2.13.